The van der Waals surface area contributed by atoms with E-state index in [4.69, 9.17) is 16.3 Å². The number of para-hydroxylation sites is 1. The highest BCUT2D eigenvalue weighted by Gasteiger charge is 2.05. The van der Waals surface area contributed by atoms with Gasteiger partial charge in [0.25, 0.3) is 0 Å². The van der Waals surface area contributed by atoms with E-state index in [1.807, 2.05) is 53.9 Å². The number of nitrogens with zero attached hydrogens (tertiary/aromatic N) is 4. The number of benzene rings is 1. The molecule has 0 amide bonds. The number of aromatic nitrogens is 3. The van der Waals surface area contributed by atoms with E-state index in [9.17, 15) is 0 Å². The third kappa shape index (κ3) is 5.96. The molecule has 1 aromatic carbocycles. The summed E-state index contributed by atoms with van der Waals surface area (Å²) in [5.74, 6) is 2.15. The Morgan fingerprint density at radius 2 is 1.96 bits per heavy atom. The second-order valence-electron chi connectivity index (χ2n) is 5.45. The number of hydrogen-bond acceptors (Lipinski definition) is 4. The number of fused-ring (bicyclic) bond motifs is 1. The Morgan fingerprint density at radius 3 is 2.78 bits per heavy atom. The smallest absolute Gasteiger partial charge is 0.191 e. The molecule has 2 N–H and O–H groups in total. The molecule has 27 heavy (non-hydrogen) atoms. The molecule has 3 aromatic rings. The maximum Gasteiger partial charge on any atom is 0.191 e. The second-order valence-corrected chi connectivity index (χ2v) is 5.85. The molecule has 0 aliphatic heterocycles. The molecule has 0 spiro atoms. The Bertz CT molecular complexity index is 885. The molecular weight excluding hydrogens is 479 g/mol. The maximum absolute atomic E-state index is 6.07. The van der Waals surface area contributed by atoms with Gasteiger partial charge in [0.2, 0.25) is 0 Å². The van der Waals surface area contributed by atoms with E-state index in [0.29, 0.717) is 36.4 Å². The van der Waals surface area contributed by atoms with Gasteiger partial charge >= 0.3 is 0 Å². The molecule has 0 radical (unpaired) electrons. The average molecular weight is 501 g/mol. The Balaban J connectivity index is 0.00000261. The lowest BCUT2D eigenvalue weighted by Gasteiger charge is -2.12. The van der Waals surface area contributed by atoms with E-state index in [1.54, 1.807) is 6.07 Å². The molecule has 0 unspecified atom stereocenters. The summed E-state index contributed by atoms with van der Waals surface area (Å²) in [6.07, 6.45) is 1.93. The lowest BCUT2D eigenvalue weighted by atomic mass is 10.3. The van der Waals surface area contributed by atoms with Crippen LogP contribution in [0.4, 0.5) is 0 Å². The fourth-order valence-corrected chi connectivity index (χ4v) is 2.57. The van der Waals surface area contributed by atoms with Crippen LogP contribution in [0.1, 0.15) is 12.7 Å². The largest absolute Gasteiger partial charge is 0.490 e. The van der Waals surface area contributed by atoms with Crippen molar-refractivity contribution in [3.8, 4) is 5.75 Å². The lowest BCUT2D eigenvalue weighted by Crippen LogP contribution is -2.39. The highest BCUT2D eigenvalue weighted by atomic mass is 127. The fraction of sp³-hybridized carbons (Fsp3) is 0.278. The van der Waals surface area contributed by atoms with Crippen LogP contribution in [0.5, 0.6) is 5.75 Å². The Hall–Kier alpha value is -2.07. The molecule has 0 saturated carbocycles. The Morgan fingerprint density at radius 1 is 1.15 bits per heavy atom. The van der Waals surface area contributed by atoms with Gasteiger partial charge < -0.3 is 15.4 Å². The van der Waals surface area contributed by atoms with E-state index in [1.165, 1.54) is 0 Å². The standard InChI is InChI=1S/C18H21ClN6O.HI/c1-2-20-18(21-10-12-26-15-8-4-3-7-14(15)19)22-13-17-24-23-16-9-5-6-11-25(16)17;/h3-9,11H,2,10,12-13H2,1H3,(H2,20,21,22);1H. The summed E-state index contributed by atoms with van der Waals surface area (Å²) in [6, 6.07) is 13.2. The van der Waals surface area contributed by atoms with Gasteiger partial charge in [-0.1, -0.05) is 29.8 Å². The number of hydrogen-bond donors (Lipinski definition) is 2. The number of ether oxygens (including phenoxy) is 1. The first-order valence-corrected chi connectivity index (χ1v) is 8.84. The van der Waals surface area contributed by atoms with Crippen LogP contribution in [0.3, 0.4) is 0 Å². The van der Waals surface area contributed by atoms with Crippen LogP contribution in [-0.4, -0.2) is 40.3 Å². The molecule has 144 valence electrons. The van der Waals surface area contributed by atoms with E-state index < -0.39 is 0 Å². The van der Waals surface area contributed by atoms with Crippen molar-refractivity contribution in [1.82, 2.24) is 25.2 Å². The molecule has 0 fully saturated rings. The predicted octanol–water partition coefficient (Wildman–Crippen LogP) is 3.13. The summed E-state index contributed by atoms with van der Waals surface area (Å²) < 4.78 is 7.59. The number of nitrogens with one attached hydrogen (secondary N) is 2. The maximum atomic E-state index is 6.07. The van der Waals surface area contributed by atoms with E-state index in [-0.39, 0.29) is 24.0 Å². The van der Waals surface area contributed by atoms with Crippen LogP contribution >= 0.6 is 35.6 Å². The first kappa shape index (κ1) is 21.2. The number of rotatable bonds is 7. The summed E-state index contributed by atoms with van der Waals surface area (Å²) in [5, 5.41) is 15.4. The van der Waals surface area contributed by atoms with E-state index in [0.717, 1.165) is 18.0 Å². The minimum atomic E-state index is 0. The van der Waals surface area contributed by atoms with Crippen molar-refractivity contribution in [2.45, 2.75) is 13.5 Å². The summed E-state index contributed by atoms with van der Waals surface area (Å²) in [6.45, 7) is 4.27. The van der Waals surface area contributed by atoms with Crippen LogP contribution in [0.2, 0.25) is 5.02 Å². The molecular formula is C18H22ClIN6O. The Kier molecular flexibility index (Phi) is 8.59. The topological polar surface area (TPSA) is 75.8 Å². The highest BCUT2D eigenvalue weighted by Crippen LogP contribution is 2.22. The first-order valence-electron chi connectivity index (χ1n) is 8.46. The quantitative estimate of drug-likeness (QED) is 0.226. The molecule has 0 bridgehead atoms. The van der Waals surface area contributed by atoms with Gasteiger partial charge in [0, 0.05) is 12.7 Å². The van der Waals surface area contributed by atoms with Gasteiger partial charge in [0.05, 0.1) is 11.6 Å². The molecule has 0 atom stereocenters. The molecule has 0 aliphatic carbocycles. The molecule has 9 heteroatoms. The van der Waals surface area contributed by atoms with Crippen molar-refractivity contribution in [2.75, 3.05) is 19.7 Å². The van der Waals surface area contributed by atoms with Crippen molar-refractivity contribution < 1.29 is 4.74 Å². The van der Waals surface area contributed by atoms with Crippen molar-refractivity contribution >= 4 is 47.2 Å². The van der Waals surface area contributed by atoms with Crippen molar-refractivity contribution in [2.24, 2.45) is 4.99 Å². The van der Waals surface area contributed by atoms with Crippen LogP contribution in [0.15, 0.2) is 53.7 Å². The van der Waals surface area contributed by atoms with Crippen LogP contribution in [0, 0.1) is 0 Å². The lowest BCUT2D eigenvalue weighted by molar-refractivity contribution is 0.322. The van der Waals surface area contributed by atoms with Gasteiger partial charge in [-0.2, -0.15) is 0 Å². The van der Waals surface area contributed by atoms with Crippen LogP contribution in [0.25, 0.3) is 5.65 Å². The zero-order chi connectivity index (χ0) is 18.2. The molecule has 3 rings (SSSR count). The normalized spacial score (nSPS) is 11.1. The monoisotopic (exact) mass is 500 g/mol. The van der Waals surface area contributed by atoms with E-state index in [2.05, 4.69) is 25.8 Å². The second kappa shape index (κ2) is 10.9. The number of aliphatic imine (C=N–C) groups is 1. The first-order chi connectivity index (χ1) is 12.8. The Labute approximate surface area is 180 Å². The molecule has 2 aromatic heterocycles. The van der Waals surface area contributed by atoms with Gasteiger partial charge in [-0.05, 0) is 31.2 Å². The third-order valence-corrected chi connectivity index (χ3v) is 3.91. The van der Waals surface area contributed by atoms with Crippen molar-refractivity contribution in [3.63, 3.8) is 0 Å². The fourth-order valence-electron chi connectivity index (χ4n) is 2.38. The summed E-state index contributed by atoms with van der Waals surface area (Å²) in [7, 11) is 0. The van der Waals surface area contributed by atoms with Gasteiger partial charge in [-0.15, -0.1) is 34.2 Å². The van der Waals surface area contributed by atoms with Crippen molar-refractivity contribution in [1.29, 1.82) is 0 Å². The zero-order valence-corrected chi connectivity index (χ0v) is 18.0. The third-order valence-electron chi connectivity index (χ3n) is 3.60. The highest BCUT2D eigenvalue weighted by molar-refractivity contribution is 14.0. The van der Waals surface area contributed by atoms with Crippen LogP contribution < -0.4 is 15.4 Å². The number of pyridine rings is 1. The van der Waals surface area contributed by atoms with Gasteiger partial charge in [-0.25, -0.2) is 4.99 Å². The summed E-state index contributed by atoms with van der Waals surface area (Å²) in [4.78, 5) is 4.56. The molecule has 7 nitrogen and oxygen atoms in total. The molecule has 0 aliphatic rings. The zero-order valence-electron chi connectivity index (χ0n) is 14.9. The minimum absolute atomic E-state index is 0. The van der Waals surface area contributed by atoms with E-state index >= 15 is 0 Å². The summed E-state index contributed by atoms with van der Waals surface area (Å²) in [5.41, 5.74) is 0.809. The molecule has 0 saturated heterocycles. The minimum Gasteiger partial charge on any atom is -0.490 e. The predicted molar refractivity (Wildman–Crippen MR) is 118 cm³/mol. The van der Waals surface area contributed by atoms with Gasteiger partial charge in [0.1, 0.15) is 18.9 Å². The SMILES string of the molecule is CCNC(=NCc1nnc2ccccn12)NCCOc1ccccc1Cl.I. The van der Waals surface area contributed by atoms with Crippen LogP contribution in [-0.2, 0) is 6.54 Å². The average Bonchev–Trinajstić information content (AvgIpc) is 3.07. The molecule has 2 heterocycles. The van der Waals surface area contributed by atoms with Gasteiger partial charge in [-0.3, -0.25) is 4.40 Å². The summed E-state index contributed by atoms with van der Waals surface area (Å²) >= 11 is 6.07. The number of guanidine groups is 1. The van der Waals surface area contributed by atoms with Gasteiger partial charge in [0.15, 0.2) is 17.4 Å². The van der Waals surface area contributed by atoms with Crippen molar-refractivity contribution in [3.05, 3.63) is 59.5 Å². The number of halogens is 2.